The van der Waals surface area contributed by atoms with Crippen molar-refractivity contribution in [3.8, 4) is 0 Å². The molecule has 182 valence electrons. The molecular formula is C24H29F3N6O. The fourth-order valence-electron chi connectivity index (χ4n) is 4.20. The minimum atomic E-state index is -2.88. The van der Waals surface area contributed by atoms with E-state index in [1.165, 1.54) is 12.1 Å². The second-order valence-corrected chi connectivity index (χ2v) is 8.42. The fourth-order valence-corrected chi connectivity index (χ4v) is 4.20. The number of piperazine rings is 1. The van der Waals surface area contributed by atoms with Crippen LogP contribution in [0.2, 0.25) is 0 Å². The molecule has 1 N–H and O–H groups in total. The van der Waals surface area contributed by atoms with E-state index in [1.807, 2.05) is 6.07 Å². The van der Waals surface area contributed by atoms with Crippen molar-refractivity contribution >= 4 is 22.5 Å². The smallest absolute Gasteiger partial charge is 0.266 e. The highest BCUT2D eigenvalue weighted by Crippen LogP contribution is 2.31. The van der Waals surface area contributed by atoms with Crippen molar-refractivity contribution in [2.45, 2.75) is 26.3 Å². The summed E-state index contributed by atoms with van der Waals surface area (Å²) in [5.74, 6) is 0.957. The van der Waals surface area contributed by atoms with E-state index in [2.05, 4.69) is 30.1 Å². The van der Waals surface area contributed by atoms with Gasteiger partial charge >= 0.3 is 0 Å². The molecule has 0 bridgehead atoms. The molecule has 1 aliphatic heterocycles. The van der Waals surface area contributed by atoms with E-state index in [0.717, 1.165) is 50.0 Å². The molecule has 4 rings (SSSR count). The fraction of sp³-hybridized carbons (Fsp3) is 0.458. The number of nitrogens with zero attached hydrogens (tertiary/aromatic N) is 5. The number of benzene rings is 1. The van der Waals surface area contributed by atoms with Gasteiger partial charge < -0.3 is 15.0 Å². The quantitative estimate of drug-likeness (QED) is 0.521. The van der Waals surface area contributed by atoms with Gasteiger partial charge in [-0.05, 0) is 19.9 Å². The average Bonchev–Trinajstić information content (AvgIpc) is 2.82. The summed E-state index contributed by atoms with van der Waals surface area (Å²) >= 11 is 0. The lowest BCUT2D eigenvalue weighted by atomic mass is 10.0. The van der Waals surface area contributed by atoms with Crippen molar-refractivity contribution in [2.24, 2.45) is 0 Å². The van der Waals surface area contributed by atoms with Gasteiger partial charge in [0.2, 0.25) is 0 Å². The van der Waals surface area contributed by atoms with Crippen LogP contribution in [-0.4, -0.2) is 66.3 Å². The molecule has 0 amide bonds. The summed E-state index contributed by atoms with van der Waals surface area (Å²) in [7, 11) is 1.70. The largest absolute Gasteiger partial charge is 0.383 e. The third kappa shape index (κ3) is 5.23. The highest BCUT2D eigenvalue weighted by molar-refractivity contribution is 5.90. The normalized spacial score (nSPS) is 15.8. The number of methoxy groups -OCH3 is 1. The Hall–Kier alpha value is -2.98. The van der Waals surface area contributed by atoms with Crippen molar-refractivity contribution in [3.05, 3.63) is 53.2 Å². The van der Waals surface area contributed by atoms with Gasteiger partial charge in [0.05, 0.1) is 29.9 Å². The molecule has 1 aliphatic rings. The minimum Gasteiger partial charge on any atom is -0.383 e. The van der Waals surface area contributed by atoms with Crippen LogP contribution in [-0.2, 0) is 4.74 Å². The first-order valence-electron chi connectivity index (χ1n) is 11.3. The molecule has 2 aromatic heterocycles. The molecule has 1 aromatic carbocycles. The number of ether oxygens (including phenoxy) is 1. The van der Waals surface area contributed by atoms with Gasteiger partial charge in [-0.3, -0.25) is 4.90 Å². The van der Waals surface area contributed by atoms with Crippen molar-refractivity contribution in [1.29, 1.82) is 0 Å². The number of pyridine rings is 1. The lowest BCUT2D eigenvalue weighted by Crippen LogP contribution is -2.47. The zero-order valence-electron chi connectivity index (χ0n) is 19.6. The Kier molecular flexibility index (Phi) is 7.47. The topological polar surface area (TPSA) is 66.4 Å². The van der Waals surface area contributed by atoms with Crippen LogP contribution in [0.25, 0.3) is 10.9 Å². The van der Waals surface area contributed by atoms with Gasteiger partial charge in [0.25, 0.3) is 6.43 Å². The highest BCUT2D eigenvalue weighted by Gasteiger charge is 2.22. The van der Waals surface area contributed by atoms with Gasteiger partial charge in [-0.2, -0.15) is 0 Å². The average molecular weight is 475 g/mol. The molecule has 7 nitrogen and oxygen atoms in total. The second-order valence-electron chi connectivity index (χ2n) is 8.42. The molecule has 0 radical (unpaired) electrons. The molecule has 0 spiro atoms. The summed E-state index contributed by atoms with van der Waals surface area (Å²) < 4.78 is 46.2. The maximum atomic E-state index is 14.7. The maximum absolute atomic E-state index is 14.7. The van der Waals surface area contributed by atoms with Crippen LogP contribution >= 0.6 is 0 Å². The Morgan fingerprint density at radius 1 is 1.12 bits per heavy atom. The number of nitrogens with one attached hydrogen (secondary N) is 1. The number of hydrogen-bond acceptors (Lipinski definition) is 7. The van der Waals surface area contributed by atoms with Gasteiger partial charge in [-0.15, -0.1) is 0 Å². The summed E-state index contributed by atoms with van der Waals surface area (Å²) in [6.07, 6.45) is -1.16. The Balaban J connectivity index is 1.59. The minimum absolute atomic E-state index is 0.156. The van der Waals surface area contributed by atoms with Crippen LogP contribution in [0.15, 0.2) is 30.5 Å². The van der Waals surface area contributed by atoms with Crippen LogP contribution in [0, 0.1) is 12.7 Å². The first-order valence-corrected chi connectivity index (χ1v) is 11.3. The van der Waals surface area contributed by atoms with Gasteiger partial charge in [-0.25, -0.2) is 28.1 Å². The Morgan fingerprint density at radius 2 is 1.85 bits per heavy atom. The van der Waals surface area contributed by atoms with Gasteiger partial charge in [-0.1, -0.05) is 18.2 Å². The maximum Gasteiger partial charge on any atom is 0.266 e. The number of halogens is 3. The number of anilines is 2. The third-order valence-electron chi connectivity index (χ3n) is 6.10. The molecule has 0 unspecified atom stereocenters. The summed E-state index contributed by atoms with van der Waals surface area (Å²) in [6, 6.07) is 5.40. The molecule has 3 heterocycles. The SMILES string of the molecule is COCCN1CCN(c2cc3c(N[C@H](C)c4cccc(C(F)F)c4F)nc(C)nc3cn2)CC1. The number of rotatable bonds is 8. The molecule has 1 fully saturated rings. The van der Waals surface area contributed by atoms with Gasteiger partial charge in [0.15, 0.2) is 0 Å². The number of hydrogen-bond donors (Lipinski definition) is 1. The van der Waals surface area contributed by atoms with Crippen molar-refractivity contribution in [2.75, 3.05) is 56.7 Å². The summed E-state index contributed by atoms with van der Waals surface area (Å²) in [6.45, 7) is 8.58. The zero-order valence-corrected chi connectivity index (χ0v) is 19.6. The molecule has 1 saturated heterocycles. The van der Waals surface area contributed by atoms with E-state index in [0.29, 0.717) is 23.8 Å². The van der Waals surface area contributed by atoms with Gasteiger partial charge in [0.1, 0.15) is 23.3 Å². The van der Waals surface area contributed by atoms with Crippen LogP contribution in [0.1, 0.15) is 36.3 Å². The predicted octanol–water partition coefficient (Wildman–Crippen LogP) is 4.35. The van der Waals surface area contributed by atoms with E-state index in [1.54, 1.807) is 27.2 Å². The van der Waals surface area contributed by atoms with Crippen LogP contribution in [0.5, 0.6) is 0 Å². The second kappa shape index (κ2) is 10.5. The predicted molar refractivity (Wildman–Crippen MR) is 126 cm³/mol. The summed E-state index contributed by atoms with van der Waals surface area (Å²) in [4.78, 5) is 18.2. The standard InChI is InChI=1S/C24H29F3N6O/c1-15(17-5-4-6-18(22(17)25)23(26)27)29-24-19-13-21(28-14-20(19)30-16(2)31-24)33-9-7-32(8-10-33)11-12-34-3/h4-6,13-15,23H,7-12H2,1-3H3,(H,29,30,31)/t15-/m1/s1. The van der Waals surface area contributed by atoms with Crippen molar-refractivity contribution in [1.82, 2.24) is 19.9 Å². The first kappa shape index (κ1) is 24.2. The lowest BCUT2D eigenvalue weighted by molar-refractivity contribution is 0.144. The van der Waals surface area contributed by atoms with Gasteiger partial charge in [0, 0.05) is 50.8 Å². The van der Waals surface area contributed by atoms with Crippen LogP contribution in [0.3, 0.4) is 0 Å². The Bertz CT molecular complexity index is 1140. The van der Waals surface area contributed by atoms with E-state index in [9.17, 15) is 13.2 Å². The van der Waals surface area contributed by atoms with E-state index < -0.39 is 23.8 Å². The van der Waals surface area contributed by atoms with Crippen LogP contribution < -0.4 is 10.2 Å². The first-order chi connectivity index (χ1) is 16.4. The van der Waals surface area contributed by atoms with E-state index >= 15 is 0 Å². The molecule has 3 aromatic rings. The monoisotopic (exact) mass is 474 g/mol. The summed E-state index contributed by atoms with van der Waals surface area (Å²) in [5.41, 5.74) is 0.209. The molecule has 0 saturated carbocycles. The molecule has 1 atom stereocenters. The number of aromatic nitrogens is 3. The summed E-state index contributed by atoms with van der Waals surface area (Å²) in [5, 5.41) is 3.95. The highest BCUT2D eigenvalue weighted by atomic mass is 19.3. The number of alkyl halides is 2. The lowest BCUT2D eigenvalue weighted by Gasteiger charge is -2.35. The van der Waals surface area contributed by atoms with Crippen molar-refractivity contribution < 1.29 is 17.9 Å². The number of fused-ring (bicyclic) bond motifs is 1. The van der Waals surface area contributed by atoms with Crippen LogP contribution in [0.4, 0.5) is 24.8 Å². The molecule has 0 aliphatic carbocycles. The zero-order chi connectivity index (χ0) is 24.2. The molecule has 10 heteroatoms. The third-order valence-corrected chi connectivity index (χ3v) is 6.10. The van der Waals surface area contributed by atoms with E-state index in [-0.39, 0.29) is 5.56 Å². The Labute approximate surface area is 197 Å². The Morgan fingerprint density at radius 3 is 2.56 bits per heavy atom. The molecular weight excluding hydrogens is 445 g/mol. The number of aryl methyl sites for hydroxylation is 1. The molecule has 34 heavy (non-hydrogen) atoms. The van der Waals surface area contributed by atoms with Crippen molar-refractivity contribution in [3.63, 3.8) is 0 Å². The van der Waals surface area contributed by atoms with E-state index in [4.69, 9.17) is 4.74 Å².